The van der Waals surface area contributed by atoms with E-state index in [0.717, 1.165) is 12.8 Å². The van der Waals surface area contributed by atoms with E-state index in [9.17, 15) is 14.3 Å². The van der Waals surface area contributed by atoms with Gasteiger partial charge in [0.15, 0.2) is 0 Å². The van der Waals surface area contributed by atoms with Gasteiger partial charge in [0.2, 0.25) is 0 Å². The van der Waals surface area contributed by atoms with Gasteiger partial charge in [-0.05, 0) is 50.4 Å². The fourth-order valence-corrected chi connectivity index (χ4v) is 2.20. The van der Waals surface area contributed by atoms with Crippen molar-refractivity contribution in [2.45, 2.75) is 25.3 Å². The van der Waals surface area contributed by atoms with Crippen LogP contribution >= 0.6 is 15.9 Å². The molecule has 0 saturated heterocycles. The van der Waals surface area contributed by atoms with Gasteiger partial charge < -0.3 is 5.11 Å². The predicted octanol–water partition coefficient (Wildman–Crippen LogP) is 2.89. The molecule has 0 aromatic heterocycles. The molecule has 0 bridgehead atoms. The summed E-state index contributed by atoms with van der Waals surface area (Å²) in [6.45, 7) is 2.11. The normalized spacial score (nSPS) is 18.4. The van der Waals surface area contributed by atoms with Crippen molar-refractivity contribution in [3.8, 4) is 0 Å². The zero-order chi connectivity index (χ0) is 13.3. The Labute approximate surface area is 114 Å². The van der Waals surface area contributed by atoms with Gasteiger partial charge in [-0.25, -0.2) is 9.18 Å². The van der Waals surface area contributed by atoms with Crippen LogP contribution in [0.2, 0.25) is 0 Å². The molecule has 0 radical (unpaired) electrons. The van der Waals surface area contributed by atoms with Crippen LogP contribution in [0.15, 0.2) is 22.7 Å². The van der Waals surface area contributed by atoms with Crippen molar-refractivity contribution in [2.75, 3.05) is 6.54 Å². The lowest BCUT2D eigenvalue weighted by Crippen LogP contribution is -2.48. The molecule has 1 fully saturated rings. The molecule has 98 valence electrons. The maximum Gasteiger partial charge on any atom is 0.328 e. The fourth-order valence-electron chi connectivity index (χ4n) is 1.84. The van der Waals surface area contributed by atoms with Crippen LogP contribution in [-0.2, 0) is 10.3 Å². The highest BCUT2D eigenvalue weighted by molar-refractivity contribution is 9.10. The van der Waals surface area contributed by atoms with Crippen LogP contribution in [0.5, 0.6) is 0 Å². The van der Waals surface area contributed by atoms with E-state index in [-0.39, 0.29) is 5.56 Å². The Kier molecular flexibility index (Phi) is 3.73. The highest BCUT2D eigenvalue weighted by atomic mass is 79.9. The summed E-state index contributed by atoms with van der Waals surface area (Å²) in [6.07, 6.45) is 2.23. The summed E-state index contributed by atoms with van der Waals surface area (Å²) in [6, 6.07) is 4.35. The minimum absolute atomic E-state index is 0.157. The molecule has 2 N–H and O–H groups in total. The molecule has 1 aromatic carbocycles. The molecule has 1 saturated carbocycles. The molecule has 1 aliphatic rings. The predicted molar refractivity (Wildman–Crippen MR) is 69.8 cm³/mol. The van der Waals surface area contributed by atoms with Gasteiger partial charge in [-0.2, -0.15) is 0 Å². The summed E-state index contributed by atoms with van der Waals surface area (Å²) in [5.41, 5.74) is -1.23. The second kappa shape index (κ2) is 4.97. The summed E-state index contributed by atoms with van der Waals surface area (Å²) >= 11 is 3.24. The number of benzene rings is 1. The number of nitrogens with one attached hydrogen (secondary N) is 1. The Balaban J connectivity index is 2.31. The van der Waals surface area contributed by atoms with Gasteiger partial charge in [0, 0.05) is 10.0 Å². The molecule has 0 amide bonds. The first-order valence-corrected chi connectivity index (χ1v) is 6.67. The van der Waals surface area contributed by atoms with Crippen molar-refractivity contribution < 1.29 is 14.3 Å². The number of carboxylic acid groups (broad SMARTS) is 1. The molecule has 2 rings (SSSR count). The van der Waals surface area contributed by atoms with Crippen molar-refractivity contribution >= 4 is 21.9 Å². The number of halogens is 2. The van der Waals surface area contributed by atoms with E-state index in [2.05, 4.69) is 21.2 Å². The van der Waals surface area contributed by atoms with E-state index in [4.69, 9.17) is 0 Å². The second-order valence-corrected chi connectivity index (χ2v) is 5.79. The van der Waals surface area contributed by atoms with Crippen LogP contribution in [0.4, 0.5) is 4.39 Å². The van der Waals surface area contributed by atoms with Crippen molar-refractivity contribution in [1.29, 1.82) is 0 Å². The standard InChI is InChI=1S/C13H15BrFNO2/c1-13(12(17)18,16-7-8-2-3-8)10-6-9(14)4-5-11(10)15/h4-6,8,16H,2-3,7H2,1H3,(H,17,18). The quantitative estimate of drug-likeness (QED) is 0.878. The summed E-state index contributed by atoms with van der Waals surface area (Å²) in [5, 5.41) is 12.4. The first-order chi connectivity index (χ1) is 8.43. The molecule has 5 heteroatoms. The van der Waals surface area contributed by atoms with Crippen LogP contribution in [-0.4, -0.2) is 17.6 Å². The molecule has 1 aliphatic carbocycles. The van der Waals surface area contributed by atoms with Gasteiger partial charge in [0.05, 0.1) is 0 Å². The Morgan fingerprint density at radius 1 is 1.61 bits per heavy atom. The van der Waals surface area contributed by atoms with Gasteiger partial charge in [-0.1, -0.05) is 15.9 Å². The maximum atomic E-state index is 13.8. The highest BCUT2D eigenvalue weighted by Gasteiger charge is 2.38. The van der Waals surface area contributed by atoms with Gasteiger partial charge in [-0.3, -0.25) is 5.32 Å². The number of carboxylic acids is 1. The molecular weight excluding hydrogens is 301 g/mol. The topological polar surface area (TPSA) is 49.3 Å². The Bertz CT molecular complexity index is 476. The number of hydrogen-bond donors (Lipinski definition) is 2. The van der Waals surface area contributed by atoms with Crippen molar-refractivity contribution in [1.82, 2.24) is 5.32 Å². The monoisotopic (exact) mass is 315 g/mol. The van der Waals surface area contributed by atoms with Crippen molar-refractivity contribution in [3.63, 3.8) is 0 Å². The van der Waals surface area contributed by atoms with E-state index < -0.39 is 17.3 Å². The van der Waals surface area contributed by atoms with Crippen molar-refractivity contribution in [3.05, 3.63) is 34.1 Å². The minimum atomic E-state index is -1.39. The van der Waals surface area contributed by atoms with E-state index in [1.54, 1.807) is 6.07 Å². The average Bonchev–Trinajstić information content (AvgIpc) is 3.13. The fraction of sp³-hybridized carbons (Fsp3) is 0.462. The third kappa shape index (κ3) is 2.72. The van der Waals surface area contributed by atoms with Crippen LogP contribution in [0.1, 0.15) is 25.3 Å². The molecule has 18 heavy (non-hydrogen) atoms. The van der Waals surface area contributed by atoms with Gasteiger partial charge in [0.25, 0.3) is 0 Å². The summed E-state index contributed by atoms with van der Waals surface area (Å²) in [5.74, 6) is -1.05. The molecular formula is C13H15BrFNO2. The lowest BCUT2D eigenvalue weighted by molar-refractivity contribution is -0.144. The first-order valence-electron chi connectivity index (χ1n) is 5.87. The Morgan fingerprint density at radius 2 is 2.28 bits per heavy atom. The highest BCUT2D eigenvalue weighted by Crippen LogP contribution is 2.31. The summed E-state index contributed by atoms with van der Waals surface area (Å²) < 4.78 is 14.5. The lowest BCUT2D eigenvalue weighted by Gasteiger charge is -2.27. The molecule has 0 heterocycles. The first kappa shape index (κ1) is 13.5. The zero-order valence-corrected chi connectivity index (χ0v) is 11.6. The number of carbonyl (C=O) groups is 1. The smallest absolute Gasteiger partial charge is 0.328 e. The summed E-state index contributed by atoms with van der Waals surface area (Å²) in [4.78, 5) is 11.5. The largest absolute Gasteiger partial charge is 0.480 e. The van der Waals surface area contributed by atoms with E-state index in [1.165, 1.54) is 19.1 Å². The maximum absolute atomic E-state index is 13.8. The second-order valence-electron chi connectivity index (χ2n) is 4.88. The van der Waals surface area contributed by atoms with Gasteiger partial charge >= 0.3 is 5.97 Å². The number of rotatable bonds is 5. The Morgan fingerprint density at radius 3 is 2.83 bits per heavy atom. The van der Waals surface area contributed by atoms with Gasteiger partial charge in [0.1, 0.15) is 11.4 Å². The van der Waals surface area contributed by atoms with E-state index >= 15 is 0 Å². The molecule has 1 aromatic rings. The van der Waals surface area contributed by atoms with Crippen LogP contribution in [0.3, 0.4) is 0 Å². The average molecular weight is 316 g/mol. The molecule has 3 nitrogen and oxygen atoms in total. The van der Waals surface area contributed by atoms with Crippen LogP contribution < -0.4 is 5.32 Å². The third-order valence-corrected chi connectivity index (χ3v) is 3.83. The van der Waals surface area contributed by atoms with E-state index in [0.29, 0.717) is 16.9 Å². The minimum Gasteiger partial charge on any atom is -0.480 e. The van der Waals surface area contributed by atoms with Crippen LogP contribution in [0, 0.1) is 11.7 Å². The van der Waals surface area contributed by atoms with Crippen LogP contribution in [0.25, 0.3) is 0 Å². The third-order valence-electron chi connectivity index (χ3n) is 3.34. The number of aliphatic carboxylic acids is 1. The molecule has 1 unspecified atom stereocenters. The van der Waals surface area contributed by atoms with E-state index in [1.807, 2.05) is 0 Å². The Hall–Kier alpha value is -0.940. The molecule has 1 atom stereocenters. The summed E-state index contributed by atoms with van der Waals surface area (Å²) in [7, 11) is 0. The zero-order valence-electron chi connectivity index (χ0n) is 10.0. The van der Waals surface area contributed by atoms with Gasteiger partial charge in [-0.15, -0.1) is 0 Å². The molecule has 0 spiro atoms. The molecule has 0 aliphatic heterocycles. The lowest BCUT2D eigenvalue weighted by atomic mass is 9.91. The number of hydrogen-bond acceptors (Lipinski definition) is 2. The SMILES string of the molecule is CC(NCC1CC1)(C(=O)O)c1cc(Br)ccc1F. The van der Waals surface area contributed by atoms with Crippen molar-refractivity contribution in [2.24, 2.45) is 5.92 Å².